The highest BCUT2D eigenvalue weighted by Crippen LogP contribution is 2.23. The van der Waals surface area contributed by atoms with Crippen molar-refractivity contribution in [2.24, 2.45) is 0 Å². The second-order valence-electron chi connectivity index (χ2n) is 6.00. The number of hydrogen-bond donors (Lipinski definition) is 2. The molecular weight excluding hydrogens is 368 g/mol. The first-order valence-corrected chi connectivity index (χ1v) is 9.67. The smallest absolute Gasteiger partial charge is 0.330 e. The van der Waals surface area contributed by atoms with Gasteiger partial charge in [-0.2, -0.15) is 4.98 Å². The molecule has 0 amide bonds. The summed E-state index contributed by atoms with van der Waals surface area (Å²) in [4.78, 5) is 33.9. The van der Waals surface area contributed by atoms with Crippen LogP contribution in [0.2, 0.25) is 0 Å². The van der Waals surface area contributed by atoms with Crippen molar-refractivity contribution >= 4 is 22.8 Å². The number of thiophene rings is 1. The minimum absolute atomic E-state index is 0.150. The van der Waals surface area contributed by atoms with E-state index in [9.17, 15) is 9.59 Å². The Hall–Kier alpha value is -2.88. The monoisotopic (exact) mass is 390 g/mol. The van der Waals surface area contributed by atoms with Crippen molar-refractivity contribution in [1.29, 1.82) is 0 Å². The summed E-state index contributed by atoms with van der Waals surface area (Å²) in [6.07, 6.45) is 1.70. The van der Waals surface area contributed by atoms with Gasteiger partial charge in [0.2, 0.25) is 11.7 Å². The lowest BCUT2D eigenvalue weighted by atomic mass is 10.3. The van der Waals surface area contributed by atoms with E-state index in [1.807, 2.05) is 31.4 Å². The molecule has 0 spiro atoms. The number of aromatic nitrogens is 4. The minimum atomic E-state index is -0.523. The summed E-state index contributed by atoms with van der Waals surface area (Å²) in [5.74, 6) is 1.02. The van der Waals surface area contributed by atoms with Crippen molar-refractivity contribution in [1.82, 2.24) is 19.7 Å². The van der Waals surface area contributed by atoms with Gasteiger partial charge in [-0.05, 0) is 24.8 Å². The van der Waals surface area contributed by atoms with Crippen molar-refractivity contribution in [3.05, 3.63) is 44.2 Å². The summed E-state index contributed by atoms with van der Waals surface area (Å²) in [6, 6.07) is 3.82. The lowest BCUT2D eigenvalue weighted by molar-refractivity contribution is 0.377. The normalized spacial score (nSPS) is 11.0. The SMILES string of the molecule is CCCCn1c(N)c(N(CC)Cc2nc(-c3cccs3)no2)c(=O)[nH]c1=O. The van der Waals surface area contributed by atoms with Crippen molar-refractivity contribution in [3.63, 3.8) is 0 Å². The molecule has 3 N–H and O–H groups in total. The lowest BCUT2D eigenvalue weighted by Crippen LogP contribution is -2.38. The minimum Gasteiger partial charge on any atom is -0.383 e. The highest BCUT2D eigenvalue weighted by atomic mass is 32.1. The maximum atomic E-state index is 12.4. The van der Waals surface area contributed by atoms with Crippen LogP contribution in [0.25, 0.3) is 10.7 Å². The van der Waals surface area contributed by atoms with Gasteiger partial charge in [-0.3, -0.25) is 14.3 Å². The van der Waals surface area contributed by atoms with Crippen molar-refractivity contribution < 1.29 is 4.52 Å². The Balaban J connectivity index is 1.91. The molecule has 0 bridgehead atoms. The van der Waals surface area contributed by atoms with Crippen LogP contribution < -0.4 is 21.9 Å². The Labute approximate surface area is 159 Å². The molecular formula is C17H22N6O3S. The maximum Gasteiger partial charge on any atom is 0.330 e. The summed E-state index contributed by atoms with van der Waals surface area (Å²) in [5, 5.41) is 5.92. The van der Waals surface area contributed by atoms with Gasteiger partial charge in [-0.1, -0.05) is 24.6 Å². The molecule has 0 aliphatic rings. The molecule has 3 aromatic heterocycles. The third kappa shape index (κ3) is 3.95. The number of hydrogen-bond acceptors (Lipinski definition) is 8. The van der Waals surface area contributed by atoms with Gasteiger partial charge >= 0.3 is 5.69 Å². The predicted molar refractivity (Wildman–Crippen MR) is 105 cm³/mol. The van der Waals surface area contributed by atoms with E-state index < -0.39 is 11.2 Å². The summed E-state index contributed by atoms with van der Waals surface area (Å²) >= 11 is 1.51. The van der Waals surface area contributed by atoms with E-state index in [1.54, 1.807) is 4.90 Å². The molecule has 0 saturated carbocycles. The van der Waals surface area contributed by atoms with Crippen LogP contribution in [0, 0.1) is 0 Å². The first-order chi connectivity index (χ1) is 13.0. The van der Waals surface area contributed by atoms with Crippen molar-refractivity contribution in [3.8, 4) is 10.7 Å². The van der Waals surface area contributed by atoms with Crippen molar-refractivity contribution in [2.45, 2.75) is 39.8 Å². The highest BCUT2D eigenvalue weighted by Gasteiger charge is 2.20. The Kier molecular flexibility index (Phi) is 5.75. The Bertz CT molecular complexity index is 1000. The van der Waals surface area contributed by atoms with E-state index in [0.717, 1.165) is 17.7 Å². The zero-order valence-corrected chi connectivity index (χ0v) is 16.1. The molecule has 0 radical (unpaired) electrons. The van der Waals surface area contributed by atoms with Gasteiger partial charge in [0, 0.05) is 13.1 Å². The highest BCUT2D eigenvalue weighted by molar-refractivity contribution is 7.13. The molecule has 0 atom stereocenters. The van der Waals surface area contributed by atoms with E-state index in [-0.39, 0.29) is 18.1 Å². The Morgan fingerprint density at radius 3 is 2.85 bits per heavy atom. The van der Waals surface area contributed by atoms with Crippen molar-refractivity contribution in [2.75, 3.05) is 17.2 Å². The van der Waals surface area contributed by atoms with Gasteiger partial charge in [-0.25, -0.2) is 4.79 Å². The summed E-state index contributed by atoms with van der Waals surface area (Å²) in [5.41, 5.74) is 5.39. The Morgan fingerprint density at radius 1 is 1.37 bits per heavy atom. The molecule has 0 aliphatic carbocycles. The quantitative estimate of drug-likeness (QED) is 0.603. The number of nitrogen functional groups attached to an aromatic ring is 1. The molecule has 3 heterocycles. The molecule has 9 nitrogen and oxygen atoms in total. The molecule has 0 unspecified atom stereocenters. The molecule has 0 fully saturated rings. The second kappa shape index (κ2) is 8.21. The first kappa shape index (κ1) is 18.9. The fourth-order valence-corrected chi connectivity index (χ4v) is 3.41. The summed E-state index contributed by atoms with van der Waals surface area (Å²) < 4.78 is 6.72. The van der Waals surface area contributed by atoms with Gasteiger partial charge in [0.05, 0.1) is 11.4 Å². The van der Waals surface area contributed by atoms with Crippen LogP contribution in [0.1, 0.15) is 32.6 Å². The van der Waals surface area contributed by atoms with Crippen LogP contribution in [0.3, 0.4) is 0 Å². The number of nitrogens with zero attached hydrogens (tertiary/aromatic N) is 4. The zero-order valence-electron chi connectivity index (χ0n) is 15.3. The fraction of sp³-hybridized carbons (Fsp3) is 0.412. The van der Waals surface area contributed by atoms with Crippen LogP contribution in [-0.4, -0.2) is 26.2 Å². The number of aromatic amines is 1. The van der Waals surface area contributed by atoms with Crippen LogP contribution in [-0.2, 0) is 13.1 Å². The molecule has 0 aliphatic heterocycles. The second-order valence-corrected chi connectivity index (χ2v) is 6.95. The predicted octanol–water partition coefficient (Wildman–Crippen LogP) is 2.06. The largest absolute Gasteiger partial charge is 0.383 e. The summed E-state index contributed by atoms with van der Waals surface area (Å²) in [7, 11) is 0. The maximum absolute atomic E-state index is 12.4. The molecule has 27 heavy (non-hydrogen) atoms. The molecule has 3 rings (SSSR count). The van der Waals surface area contributed by atoms with E-state index in [1.165, 1.54) is 15.9 Å². The number of rotatable bonds is 8. The molecule has 0 aromatic carbocycles. The third-order valence-electron chi connectivity index (χ3n) is 4.18. The number of nitrogens with two attached hydrogens (primary N) is 1. The van der Waals surface area contributed by atoms with E-state index >= 15 is 0 Å². The zero-order chi connectivity index (χ0) is 19.4. The number of nitrogens with one attached hydrogen (secondary N) is 1. The first-order valence-electron chi connectivity index (χ1n) is 8.79. The van der Waals surface area contributed by atoms with Crippen LogP contribution in [0.15, 0.2) is 31.6 Å². The average Bonchev–Trinajstić information content (AvgIpc) is 3.32. The molecule has 10 heteroatoms. The van der Waals surface area contributed by atoms with Gasteiger partial charge in [0.1, 0.15) is 11.5 Å². The number of H-pyrrole nitrogens is 1. The van der Waals surface area contributed by atoms with E-state index in [0.29, 0.717) is 24.8 Å². The molecule has 3 aromatic rings. The lowest BCUT2D eigenvalue weighted by Gasteiger charge is -2.23. The standard InChI is InChI=1S/C17H22N6O3S/c1-3-5-8-23-14(18)13(16(24)20-17(23)25)22(4-2)10-12-19-15(21-26-12)11-7-6-9-27-11/h6-7,9H,3-5,8,10,18H2,1-2H3,(H,20,24,25). The van der Waals surface area contributed by atoms with Gasteiger partial charge in [0.15, 0.2) is 0 Å². The summed E-state index contributed by atoms with van der Waals surface area (Å²) in [6.45, 7) is 5.06. The fourth-order valence-electron chi connectivity index (χ4n) is 2.76. The number of unbranched alkanes of at least 4 members (excludes halogenated alkanes) is 1. The van der Waals surface area contributed by atoms with E-state index in [4.69, 9.17) is 10.3 Å². The van der Waals surface area contributed by atoms with Crippen LogP contribution in [0.5, 0.6) is 0 Å². The molecule has 144 valence electrons. The van der Waals surface area contributed by atoms with Gasteiger partial charge in [0.25, 0.3) is 5.56 Å². The number of anilines is 2. The van der Waals surface area contributed by atoms with Gasteiger partial charge < -0.3 is 15.2 Å². The van der Waals surface area contributed by atoms with Crippen LogP contribution >= 0.6 is 11.3 Å². The Morgan fingerprint density at radius 2 is 2.19 bits per heavy atom. The van der Waals surface area contributed by atoms with Gasteiger partial charge in [-0.15, -0.1) is 11.3 Å². The van der Waals surface area contributed by atoms with Crippen LogP contribution in [0.4, 0.5) is 11.5 Å². The molecule has 0 saturated heterocycles. The third-order valence-corrected chi connectivity index (χ3v) is 5.05. The topological polar surface area (TPSA) is 123 Å². The average molecular weight is 390 g/mol. The van der Waals surface area contributed by atoms with E-state index in [2.05, 4.69) is 15.1 Å².